The highest BCUT2D eigenvalue weighted by molar-refractivity contribution is 5.87. The molecule has 0 saturated carbocycles. The van der Waals surface area contributed by atoms with Crippen molar-refractivity contribution in [2.75, 3.05) is 5.73 Å². The van der Waals surface area contributed by atoms with Gasteiger partial charge in [0.15, 0.2) is 5.58 Å². The number of benzene rings is 2. The van der Waals surface area contributed by atoms with Crippen LogP contribution in [0.4, 0.5) is 23.2 Å². The second kappa shape index (κ2) is 4.47. The molecule has 0 aliphatic rings. The standard InChI is InChI=1S/C14H8F4N2O/c15-9-5-4-7(6-8(9)14(16,17)18)13-20-12-10(19)2-1-3-11(12)21-13/h1-6H,19H2. The first-order chi connectivity index (χ1) is 9.86. The molecule has 21 heavy (non-hydrogen) atoms. The maximum atomic E-state index is 13.3. The lowest BCUT2D eigenvalue weighted by molar-refractivity contribution is -0.139. The molecular weight excluding hydrogens is 288 g/mol. The summed E-state index contributed by atoms with van der Waals surface area (Å²) in [6, 6.07) is 7.40. The van der Waals surface area contributed by atoms with Gasteiger partial charge in [0.05, 0.1) is 11.3 Å². The third-order valence-electron chi connectivity index (χ3n) is 2.97. The third kappa shape index (κ3) is 2.31. The van der Waals surface area contributed by atoms with Crippen molar-refractivity contribution in [3.8, 4) is 11.5 Å². The number of nitrogens with zero attached hydrogens (tertiary/aromatic N) is 1. The monoisotopic (exact) mass is 296 g/mol. The molecule has 0 atom stereocenters. The molecule has 0 fully saturated rings. The summed E-state index contributed by atoms with van der Waals surface area (Å²) in [6.07, 6.45) is -4.79. The van der Waals surface area contributed by atoms with Gasteiger partial charge in [0.25, 0.3) is 0 Å². The Balaban J connectivity index is 2.17. The Kier molecular flexibility index (Phi) is 2.86. The van der Waals surface area contributed by atoms with Gasteiger partial charge in [-0.3, -0.25) is 0 Å². The van der Waals surface area contributed by atoms with Crippen LogP contribution in [0.15, 0.2) is 40.8 Å². The molecule has 3 rings (SSSR count). The van der Waals surface area contributed by atoms with E-state index in [1.54, 1.807) is 18.2 Å². The quantitative estimate of drug-likeness (QED) is 0.540. The number of alkyl halides is 3. The first-order valence-electron chi connectivity index (χ1n) is 5.88. The van der Waals surface area contributed by atoms with Gasteiger partial charge in [-0.05, 0) is 30.3 Å². The number of oxazole rings is 1. The number of rotatable bonds is 1. The van der Waals surface area contributed by atoms with Crippen molar-refractivity contribution in [3.63, 3.8) is 0 Å². The Morgan fingerprint density at radius 1 is 1.10 bits per heavy atom. The van der Waals surface area contributed by atoms with E-state index >= 15 is 0 Å². The average molecular weight is 296 g/mol. The lowest BCUT2D eigenvalue weighted by Gasteiger charge is -2.08. The molecule has 0 aliphatic carbocycles. The van der Waals surface area contributed by atoms with E-state index < -0.39 is 17.6 Å². The van der Waals surface area contributed by atoms with Crippen LogP contribution in [0.5, 0.6) is 0 Å². The number of aromatic nitrogens is 1. The molecule has 0 amide bonds. The molecule has 0 aliphatic heterocycles. The van der Waals surface area contributed by atoms with E-state index in [-0.39, 0.29) is 11.5 Å². The van der Waals surface area contributed by atoms with E-state index in [4.69, 9.17) is 10.2 Å². The average Bonchev–Trinajstić information content (AvgIpc) is 2.83. The van der Waals surface area contributed by atoms with Gasteiger partial charge in [-0.2, -0.15) is 13.2 Å². The topological polar surface area (TPSA) is 52.0 Å². The minimum Gasteiger partial charge on any atom is -0.436 e. The molecule has 0 bridgehead atoms. The van der Waals surface area contributed by atoms with Crippen molar-refractivity contribution in [2.45, 2.75) is 6.18 Å². The maximum absolute atomic E-state index is 13.3. The fourth-order valence-electron chi connectivity index (χ4n) is 1.97. The van der Waals surface area contributed by atoms with Gasteiger partial charge >= 0.3 is 6.18 Å². The number of para-hydroxylation sites is 1. The van der Waals surface area contributed by atoms with Gasteiger partial charge < -0.3 is 10.2 Å². The second-order valence-corrected chi connectivity index (χ2v) is 4.41. The van der Waals surface area contributed by atoms with E-state index in [1.165, 1.54) is 6.07 Å². The van der Waals surface area contributed by atoms with Crippen LogP contribution in [-0.2, 0) is 6.18 Å². The summed E-state index contributed by atoms with van der Waals surface area (Å²) in [7, 11) is 0. The first kappa shape index (κ1) is 13.4. The molecule has 3 nitrogen and oxygen atoms in total. The Labute approximate surface area is 116 Å². The number of nitrogen functional groups attached to an aromatic ring is 1. The highest BCUT2D eigenvalue weighted by Gasteiger charge is 2.34. The van der Waals surface area contributed by atoms with E-state index in [9.17, 15) is 17.6 Å². The lowest BCUT2D eigenvalue weighted by atomic mass is 10.1. The van der Waals surface area contributed by atoms with Gasteiger partial charge in [-0.1, -0.05) is 6.07 Å². The fourth-order valence-corrected chi connectivity index (χ4v) is 1.97. The van der Waals surface area contributed by atoms with Crippen LogP contribution in [0.3, 0.4) is 0 Å². The van der Waals surface area contributed by atoms with Crippen molar-refractivity contribution < 1.29 is 22.0 Å². The fraction of sp³-hybridized carbons (Fsp3) is 0.0714. The zero-order chi connectivity index (χ0) is 15.2. The molecular formula is C14H8F4N2O. The van der Waals surface area contributed by atoms with Crippen LogP contribution in [0.1, 0.15) is 5.56 Å². The van der Waals surface area contributed by atoms with Gasteiger partial charge in [-0.25, -0.2) is 9.37 Å². The maximum Gasteiger partial charge on any atom is 0.419 e. The molecule has 0 radical (unpaired) electrons. The molecule has 2 aromatic carbocycles. The molecule has 108 valence electrons. The number of hydrogen-bond acceptors (Lipinski definition) is 3. The zero-order valence-corrected chi connectivity index (χ0v) is 10.4. The molecule has 0 saturated heterocycles. The lowest BCUT2D eigenvalue weighted by Crippen LogP contribution is -2.08. The summed E-state index contributed by atoms with van der Waals surface area (Å²) in [5.41, 5.74) is 5.42. The highest BCUT2D eigenvalue weighted by Crippen LogP contribution is 2.35. The van der Waals surface area contributed by atoms with Gasteiger partial charge in [0.1, 0.15) is 11.3 Å². The SMILES string of the molecule is Nc1cccc2oc(-c3ccc(F)c(C(F)(F)F)c3)nc12. The Bertz CT molecular complexity index is 823. The molecule has 0 unspecified atom stereocenters. The zero-order valence-electron chi connectivity index (χ0n) is 10.4. The molecule has 2 N–H and O–H groups in total. The van der Waals surface area contributed by atoms with Crippen molar-refractivity contribution in [2.24, 2.45) is 0 Å². The summed E-state index contributed by atoms with van der Waals surface area (Å²) in [6.45, 7) is 0. The molecule has 1 aromatic heterocycles. The minimum atomic E-state index is -4.79. The molecule has 7 heteroatoms. The summed E-state index contributed by atoms with van der Waals surface area (Å²) in [5, 5.41) is 0. The Morgan fingerprint density at radius 3 is 2.52 bits per heavy atom. The predicted octanol–water partition coefficient (Wildman–Crippen LogP) is 4.23. The molecule has 3 aromatic rings. The van der Waals surface area contributed by atoms with E-state index in [0.29, 0.717) is 22.9 Å². The Morgan fingerprint density at radius 2 is 1.86 bits per heavy atom. The summed E-state index contributed by atoms with van der Waals surface area (Å²) in [5.74, 6) is -1.39. The minimum absolute atomic E-state index is 0.0272. The summed E-state index contributed by atoms with van der Waals surface area (Å²) in [4.78, 5) is 4.05. The van der Waals surface area contributed by atoms with Gasteiger partial charge in [0.2, 0.25) is 5.89 Å². The van der Waals surface area contributed by atoms with E-state index in [2.05, 4.69) is 4.98 Å². The second-order valence-electron chi connectivity index (χ2n) is 4.41. The summed E-state index contributed by atoms with van der Waals surface area (Å²) < 4.78 is 56.7. The normalized spacial score (nSPS) is 12.0. The molecule has 1 heterocycles. The van der Waals surface area contributed by atoms with E-state index in [1.807, 2.05) is 0 Å². The van der Waals surface area contributed by atoms with Gasteiger partial charge in [-0.15, -0.1) is 0 Å². The van der Waals surface area contributed by atoms with Crippen molar-refractivity contribution >= 4 is 16.8 Å². The number of hydrogen-bond donors (Lipinski definition) is 1. The van der Waals surface area contributed by atoms with Crippen LogP contribution < -0.4 is 5.73 Å². The smallest absolute Gasteiger partial charge is 0.419 e. The number of fused-ring (bicyclic) bond motifs is 1. The highest BCUT2D eigenvalue weighted by atomic mass is 19.4. The van der Waals surface area contributed by atoms with Crippen LogP contribution >= 0.6 is 0 Å². The van der Waals surface area contributed by atoms with Crippen molar-refractivity contribution in [1.29, 1.82) is 0 Å². The number of halogens is 4. The van der Waals surface area contributed by atoms with Crippen molar-refractivity contribution in [1.82, 2.24) is 4.98 Å². The number of anilines is 1. The van der Waals surface area contributed by atoms with Gasteiger partial charge in [0, 0.05) is 5.56 Å². The predicted molar refractivity (Wildman–Crippen MR) is 68.8 cm³/mol. The van der Waals surface area contributed by atoms with Crippen LogP contribution in [0, 0.1) is 5.82 Å². The number of nitrogens with two attached hydrogens (primary N) is 1. The Hall–Kier alpha value is -2.57. The van der Waals surface area contributed by atoms with Crippen molar-refractivity contribution in [3.05, 3.63) is 47.8 Å². The van der Waals surface area contributed by atoms with Crippen LogP contribution in [0.25, 0.3) is 22.6 Å². The third-order valence-corrected chi connectivity index (χ3v) is 2.97. The van der Waals surface area contributed by atoms with Crippen LogP contribution in [0.2, 0.25) is 0 Å². The largest absolute Gasteiger partial charge is 0.436 e. The van der Waals surface area contributed by atoms with E-state index in [0.717, 1.165) is 6.07 Å². The first-order valence-corrected chi connectivity index (χ1v) is 5.88. The molecule has 0 spiro atoms. The van der Waals surface area contributed by atoms with Crippen LogP contribution in [-0.4, -0.2) is 4.98 Å². The summed E-state index contributed by atoms with van der Waals surface area (Å²) >= 11 is 0.